The standard InChI is InChI=1S/C54H53N4/c1-37-23-26-49-50(29-37)57(8)35-58(49,36-57)44-31-42(53(5,6)7)30-43(32-44)54(38-17-11-9-12-18-38,39-19-13-10-14-20-39)41-24-25-46-45-21-15-16-22-47(45)56(48(46)33-41)51-34-40(27-28-55-51)52(2,3)4/h9-35H,36H2,1-8H3/q+1/t57-,58+/m0/s1. The van der Waals surface area contributed by atoms with Crippen molar-refractivity contribution in [3.63, 3.8) is 0 Å². The maximum Gasteiger partial charge on any atom is 0.181 e. The van der Waals surface area contributed by atoms with E-state index in [1.54, 1.807) is 0 Å². The minimum atomic E-state index is -0.661. The van der Waals surface area contributed by atoms with Crippen LogP contribution in [0.5, 0.6) is 0 Å². The van der Waals surface area contributed by atoms with E-state index in [2.05, 4.69) is 218 Å². The zero-order valence-corrected chi connectivity index (χ0v) is 35.1. The molecule has 0 unspecified atom stereocenters. The molecule has 0 saturated carbocycles. The summed E-state index contributed by atoms with van der Waals surface area (Å²) < 4.78 is 3.97. The number of nitrogens with zero attached hydrogens (tertiary/aromatic N) is 4. The zero-order valence-electron chi connectivity index (χ0n) is 35.1. The Morgan fingerprint density at radius 1 is 0.534 bits per heavy atom. The zero-order chi connectivity index (χ0) is 40.2. The van der Waals surface area contributed by atoms with E-state index >= 15 is 0 Å². The van der Waals surface area contributed by atoms with Crippen LogP contribution in [-0.2, 0) is 16.2 Å². The van der Waals surface area contributed by atoms with Crippen LogP contribution in [0.3, 0.4) is 0 Å². The van der Waals surface area contributed by atoms with Crippen molar-refractivity contribution in [3.05, 3.63) is 203 Å². The van der Waals surface area contributed by atoms with Gasteiger partial charge in [-0.05, 0) is 81.0 Å². The lowest BCUT2D eigenvalue weighted by Crippen LogP contribution is -2.68. The fourth-order valence-electron chi connectivity index (χ4n) is 10.1. The van der Waals surface area contributed by atoms with E-state index in [0.29, 0.717) is 0 Å². The summed E-state index contributed by atoms with van der Waals surface area (Å²) in [6.45, 7) is 19.6. The maximum absolute atomic E-state index is 5.05. The van der Waals surface area contributed by atoms with Crippen LogP contribution >= 0.6 is 0 Å². The summed E-state index contributed by atoms with van der Waals surface area (Å²) in [4.78, 5) is 5.05. The molecule has 3 aliphatic rings. The molecular weight excluding hydrogens is 705 g/mol. The lowest BCUT2D eigenvalue weighted by Gasteiger charge is -2.55. The second kappa shape index (κ2) is 12.6. The molecule has 11 rings (SSSR count). The third-order valence-electron chi connectivity index (χ3n) is 13.1. The van der Waals surface area contributed by atoms with Crippen molar-refractivity contribution in [1.82, 2.24) is 18.5 Å². The van der Waals surface area contributed by atoms with E-state index in [0.717, 1.165) is 32.5 Å². The summed E-state index contributed by atoms with van der Waals surface area (Å²) in [5.41, 5.74) is 14.5. The van der Waals surface area contributed by atoms with Crippen molar-refractivity contribution in [1.29, 1.82) is 0 Å². The number of quaternary nitrogens is 2. The SMILES string of the molecule is Cc1ccc2c(c1)[N@@+]1(C)[CH-][N@+]2(c2cc(C(C)(C)C)cc(C(c3ccccc3)(c3ccccc3)c3ccc4c5ccccc5n(-c5cc(C(C)(C)C)ccn5)c4c3)c2)C1. The van der Waals surface area contributed by atoms with E-state index in [1.165, 1.54) is 66.8 Å². The van der Waals surface area contributed by atoms with Gasteiger partial charge in [-0.2, -0.15) is 0 Å². The first-order valence-electron chi connectivity index (χ1n) is 20.7. The van der Waals surface area contributed by atoms with Crippen LogP contribution in [0.2, 0.25) is 0 Å². The van der Waals surface area contributed by atoms with Crippen LogP contribution in [0, 0.1) is 13.6 Å². The molecule has 0 amide bonds. The topological polar surface area (TPSA) is 17.8 Å². The summed E-state index contributed by atoms with van der Waals surface area (Å²) in [6.07, 6.45) is 1.97. The molecule has 4 nitrogen and oxygen atoms in total. The fraction of sp³-hybridized carbons (Fsp3) is 0.222. The monoisotopic (exact) mass is 757 g/mol. The largest absolute Gasteiger partial charge is 0.325 e. The normalized spacial score (nSPS) is 19.0. The highest BCUT2D eigenvalue weighted by atomic mass is 15.7. The van der Waals surface area contributed by atoms with E-state index in [9.17, 15) is 0 Å². The van der Waals surface area contributed by atoms with Crippen molar-refractivity contribution in [2.24, 2.45) is 0 Å². The van der Waals surface area contributed by atoms with E-state index in [1.807, 2.05) is 6.20 Å². The predicted molar refractivity (Wildman–Crippen MR) is 244 cm³/mol. The molecule has 288 valence electrons. The molecule has 0 spiro atoms. The molecule has 8 aromatic rings. The molecule has 0 radical (unpaired) electrons. The van der Waals surface area contributed by atoms with Crippen molar-refractivity contribution < 1.29 is 0 Å². The highest BCUT2D eigenvalue weighted by molar-refractivity contribution is 6.09. The average Bonchev–Trinajstić information content (AvgIpc) is 3.76. The van der Waals surface area contributed by atoms with Crippen molar-refractivity contribution in [2.45, 2.75) is 64.7 Å². The van der Waals surface area contributed by atoms with Gasteiger partial charge in [0.05, 0.1) is 30.2 Å². The molecule has 3 aliphatic heterocycles. The minimum absolute atomic E-state index is 0.0159. The first kappa shape index (κ1) is 36.5. The van der Waals surface area contributed by atoms with Gasteiger partial charge in [0.2, 0.25) is 0 Å². The lowest BCUT2D eigenvalue weighted by atomic mass is 9.64. The molecule has 2 aromatic heterocycles. The molecule has 4 heteroatoms. The van der Waals surface area contributed by atoms with E-state index in [4.69, 9.17) is 4.98 Å². The summed E-state index contributed by atoms with van der Waals surface area (Å²) >= 11 is 0. The minimum Gasteiger partial charge on any atom is -0.325 e. The molecule has 5 heterocycles. The number of aryl methyl sites for hydroxylation is 1. The number of benzene rings is 6. The van der Waals surface area contributed by atoms with Gasteiger partial charge in [0.15, 0.2) is 18.0 Å². The predicted octanol–water partition coefficient (Wildman–Crippen LogP) is 13.1. The van der Waals surface area contributed by atoms with E-state index in [-0.39, 0.29) is 10.8 Å². The number of hydrogen-bond acceptors (Lipinski definition) is 1. The lowest BCUT2D eigenvalue weighted by molar-refractivity contribution is 0.157. The van der Waals surface area contributed by atoms with Crippen LogP contribution in [0.25, 0.3) is 27.6 Å². The van der Waals surface area contributed by atoms with Gasteiger partial charge in [-0.3, -0.25) is 9.05 Å². The van der Waals surface area contributed by atoms with E-state index < -0.39 is 5.41 Å². The number of pyridine rings is 1. The average molecular weight is 758 g/mol. The van der Waals surface area contributed by atoms with Crippen LogP contribution in [0.4, 0.5) is 17.1 Å². The second-order valence-corrected chi connectivity index (χ2v) is 19.1. The van der Waals surface area contributed by atoms with Gasteiger partial charge >= 0.3 is 0 Å². The number of hydrogen-bond donors (Lipinski definition) is 0. The summed E-state index contributed by atoms with van der Waals surface area (Å²) in [7, 11) is 2.36. The van der Waals surface area contributed by atoms with Gasteiger partial charge in [0, 0.05) is 41.2 Å². The third kappa shape index (κ3) is 5.31. The number of aromatic nitrogens is 2. The van der Waals surface area contributed by atoms with Crippen LogP contribution in [0.1, 0.15) is 80.5 Å². The summed E-state index contributed by atoms with van der Waals surface area (Å²) in [6, 6.07) is 57.4. The fourth-order valence-corrected chi connectivity index (χ4v) is 10.1. The Morgan fingerprint density at radius 2 is 1.16 bits per heavy atom. The number of para-hydroxylation sites is 1. The molecule has 1 saturated heterocycles. The highest BCUT2D eigenvalue weighted by Crippen LogP contribution is 2.61. The Morgan fingerprint density at radius 3 is 1.83 bits per heavy atom. The van der Waals surface area contributed by atoms with Crippen molar-refractivity contribution in [3.8, 4) is 5.82 Å². The van der Waals surface area contributed by atoms with Gasteiger partial charge in [-0.15, -0.1) is 0 Å². The van der Waals surface area contributed by atoms with Gasteiger partial charge in [-0.25, -0.2) is 4.98 Å². The van der Waals surface area contributed by atoms with Crippen molar-refractivity contribution in [2.75, 3.05) is 13.7 Å². The molecule has 0 N–H and O–H groups in total. The van der Waals surface area contributed by atoms with Gasteiger partial charge in [0.1, 0.15) is 11.5 Å². The maximum atomic E-state index is 5.05. The third-order valence-corrected chi connectivity index (χ3v) is 13.1. The highest BCUT2D eigenvalue weighted by Gasteiger charge is 2.60. The molecule has 6 aromatic carbocycles. The Hall–Kier alpha value is -5.81. The molecule has 58 heavy (non-hydrogen) atoms. The van der Waals surface area contributed by atoms with Crippen LogP contribution in [0.15, 0.2) is 158 Å². The Labute approximate surface area is 343 Å². The van der Waals surface area contributed by atoms with Crippen molar-refractivity contribution >= 4 is 38.9 Å². The number of fused-ring (bicyclic) bond motifs is 3. The molecular formula is C54H53N4+. The van der Waals surface area contributed by atoms with Gasteiger partial charge in [-0.1, -0.05) is 145 Å². The quantitative estimate of drug-likeness (QED) is 0.0938. The Balaban J connectivity index is 1.31. The first-order chi connectivity index (χ1) is 27.7. The van der Waals surface area contributed by atoms with Crippen LogP contribution in [-0.4, -0.2) is 23.3 Å². The molecule has 1 fully saturated rings. The Bertz CT molecular complexity index is 2840. The van der Waals surface area contributed by atoms with Gasteiger partial charge in [0.25, 0.3) is 0 Å². The number of rotatable bonds is 6. The first-order valence-corrected chi connectivity index (χ1v) is 20.7. The summed E-state index contributed by atoms with van der Waals surface area (Å²) in [5.74, 6) is 0.936. The van der Waals surface area contributed by atoms with Crippen LogP contribution < -0.4 is 8.97 Å². The molecule has 0 aliphatic carbocycles. The molecule has 2 atom stereocenters. The molecule has 2 bridgehead atoms. The Kier molecular flexibility index (Phi) is 7.93. The van der Waals surface area contributed by atoms with Gasteiger partial charge < -0.3 is 4.48 Å². The summed E-state index contributed by atoms with van der Waals surface area (Å²) in [5, 5.41) is 2.44. The smallest absolute Gasteiger partial charge is 0.181 e. The second-order valence-electron chi connectivity index (χ2n) is 19.1.